The normalized spacial score (nSPS) is 10.7. The number of aromatic nitrogens is 3. The lowest BCUT2D eigenvalue weighted by Crippen LogP contribution is -2.32. The first kappa shape index (κ1) is 15.0. The lowest BCUT2D eigenvalue weighted by Gasteiger charge is -2.27. The van der Waals surface area contributed by atoms with Crippen molar-refractivity contribution < 1.29 is 0 Å². The highest BCUT2D eigenvalue weighted by Crippen LogP contribution is 2.18. The van der Waals surface area contributed by atoms with Crippen LogP contribution < -0.4 is 15.5 Å². The summed E-state index contributed by atoms with van der Waals surface area (Å²) < 4.78 is 0. The Morgan fingerprint density at radius 3 is 2.19 bits per heavy atom. The molecule has 6 heteroatoms. The van der Waals surface area contributed by atoms with Crippen LogP contribution in [0.1, 0.15) is 19.4 Å². The summed E-state index contributed by atoms with van der Waals surface area (Å²) in [5.41, 5.74) is 7.02. The van der Waals surface area contributed by atoms with Crippen molar-refractivity contribution in [1.82, 2.24) is 15.0 Å². The third-order valence-electron chi connectivity index (χ3n) is 3.11. The van der Waals surface area contributed by atoms with Crippen LogP contribution in [0.4, 0.5) is 17.8 Å². The maximum Gasteiger partial charge on any atom is 0.232 e. The van der Waals surface area contributed by atoms with E-state index in [1.165, 1.54) is 5.56 Å². The Bertz CT molecular complexity index is 582. The first-order valence-corrected chi connectivity index (χ1v) is 6.97. The van der Waals surface area contributed by atoms with Gasteiger partial charge in [-0.15, -0.1) is 0 Å². The molecular weight excluding hydrogens is 264 g/mol. The van der Waals surface area contributed by atoms with Crippen molar-refractivity contribution in [2.75, 3.05) is 29.6 Å². The zero-order valence-corrected chi connectivity index (χ0v) is 13.0. The lowest BCUT2D eigenvalue weighted by molar-refractivity contribution is 0.658. The van der Waals surface area contributed by atoms with E-state index in [4.69, 9.17) is 5.73 Å². The minimum atomic E-state index is 0.238. The van der Waals surface area contributed by atoms with Crippen LogP contribution in [0.25, 0.3) is 0 Å². The summed E-state index contributed by atoms with van der Waals surface area (Å²) >= 11 is 0. The van der Waals surface area contributed by atoms with E-state index in [9.17, 15) is 0 Å². The van der Waals surface area contributed by atoms with Crippen LogP contribution in [0.2, 0.25) is 0 Å². The first-order valence-electron chi connectivity index (χ1n) is 6.97. The van der Waals surface area contributed by atoms with Crippen LogP contribution in [-0.4, -0.2) is 35.1 Å². The SMILES string of the molecule is CC(C)N(Cc1ccccc1)c1nc(N)nc(N(C)C)n1. The van der Waals surface area contributed by atoms with Crippen LogP contribution in [0.3, 0.4) is 0 Å². The third-order valence-corrected chi connectivity index (χ3v) is 3.11. The van der Waals surface area contributed by atoms with Crippen LogP contribution in [0, 0.1) is 0 Å². The molecule has 0 aliphatic rings. The molecule has 2 N–H and O–H groups in total. The van der Waals surface area contributed by atoms with Gasteiger partial charge in [-0.2, -0.15) is 15.0 Å². The number of hydrogen-bond acceptors (Lipinski definition) is 6. The average molecular weight is 286 g/mol. The Morgan fingerprint density at radius 1 is 1.00 bits per heavy atom. The highest BCUT2D eigenvalue weighted by Gasteiger charge is 2.17. The Kier molecular flexibility index (Phi) is 4.57. The van der Waals surface area contributed by atoms with Gasteiger partial charge >= 0.3 is 0 Å². The van der Waals surface area contributed by atoms with Gasteiger partial charge in [0.1, 0.15) is 0 Å². The summed E-state index contributed by atoms with van der Waals surface area (Å²) in [6.45, 7) is 4.95. The van der Waals surface area contributed by atoms with Crippen molar-refractivity contribution >= 4 is 17.8 Å². The minimum Gasteiger partial charge on any atom is -0.368 e. The predicted octanol–water partition coefficient (Wildman–Crippen LogP) is 1.93. The lowest BCUT2D eigenvalue weighted by atomic mass is 10.2. The van der Waals surface area contributed by atoms with Crippen molar-refractivity contribution in [3.8, 4) is 0 Å². The number of nitrogens with zero attached hydrogens (tertiary/aromatic N) is 5. The Hall–Kier alpha value is -2.37. The molecule has 1 heterocycles. The van der Waals surface area contributed by atoms with Gasteiger partial charge in [0.2, 0.25) is 17.8 Å². The Morgan fingerprint density at radius 2 is 1.62 bits per heavy atom. The number of nitrogens with two attached hydrogens (primary N) is 1. The van der Waals surface area contributed by atoms with Crippen molar-refractivity contribution in [3.05, 3.63) is 35.9 Å². The van der Waals surface area contributed by atoms with Gasteiger partial charge in [0.05, 0.1) is 0 Å². The Labute approximate surface area is 125 Å². The molecule has 0 bridgehead atoms. The number of rotatable bonds is 5. The molecule has 1 aromatic heterocycles. The van der Waals surface area contributed by atoms with Gasteiger partial charge in [0.15, 0.2) is 0 Å². The van der Waals surface area contributed by atoms with Gasteiger partial charge < -0.3 is 15.5 Å². The largest absolute Gasteiger partial charge is 0.368 e. The summed E-state index contributed by atoms with van der Waals surface area (Å²) in [5, 5.41) is 0. The summed E-state index contributed by atoms with van der Waals surface area (Å²) in [4.78, 5) is 16.9. The van der Waals surface area contributed by atoms with E-state index in [-0.39, 0.29) is 12.0 Å². The summed E-state index contributed by atoms with van der Waals surface area (Å²) in [5.74, 6) is 1.41. The highest BCUT2D eigenvalue weighted by atomic mass is 15.3. The van der Waals surface area contributed by atoms with E-state index in [2.05, 4.69) is 45.8 Å². The van der Waals surface area contributed by atoms with Gasteiger partial charge in [0.25, 0.3) is 0 Å². The maximum absolute atomic E-state index is 5.81. The Balaban J connectivity index is 2.34. The number of nitrogen functional groups attached to an aromatic ring is 1. The number of hydrogen-bond donors (Lipinski definition) is 1. The van der Waals surface area contributed by atoms with Crippen molar-refractivity contribution in [2.24, 2.45) is 0 Å². The first-order chi connectivity index (χ1) is 9.97. The van der Waals surface area contributed by atoms with E-state index >= 15 is 0 Å². The van der Waals surface area contributed by atoms with Gasteiger partial charge in [0, 0.05) is 26.7 Å². The molecule has 2 aromatic rings. The monoisotopic (exact) mass is 286 g/mol. The van der Waals surface area contributed by atoms with Crippen LogP contribution in [-0.2, 0) is 6.54 Å². The molecular formula is C15H22N6. The molecule has 0 spiro atoms. The molecule has 6 nitrogen and oxygen atoms in total. The fourth-order valence-electron chi connectivity index (χ4n) is 1.96. The fourth-order valence-corrected chi connectivity index (χ4v) is 1.96. The van der Waals surface area contributed by atoms with Crippen molar-refractivity contribution in [2.45, 2.75) is 26.4 Å². The standard InChI is InChI=1S/C15H22N6/c1-11(2)21(10-12-8-6-5-7-9-12)15-18-13(16)17-14(19-15)20(3)4/h5-9,11H,10H2,1-4H3,(H2,16,17,18,19). The van der Waals surface area contributed by atoms with E-state index < -0.39 is 0 Å². The molecule has 0 aliphatic heterocycles. The van der Waals surface area contributed by atoms with E-state index in [1.54, 1.807) is 0 Å². The zero-order valence-electron chi connectivity index (χ0n) is 13.0. The van der Waals surface area contributed by atoms with Gasteiger partial charge in [-0.3, -0.25) is 0 Å². The van der Waals surface area contributed by atoms with Crippen LogP contribution in [0.5, 0.6) is 0 Å². The quantitative estimate of drug-likeness (QED) is 0.905. The second-order valence-corrected chi connectivity index (χ2v) is 5.40. The maximum atomic E-state index is 5.81. The molecule has 0 saturated carbocycles. The molecule has 0 radical (unpaired) electrons. The second kappa shape index (κ2) is 6.39. The molecule has 0 fully saturated rings. The van der Waals surface area contributed by atoms with Gasteiger partial charge in [-0.25, -0.2) is 0 Å². The van der Waals surface area contributed by atoms with E-state index in [0.29, 0.717) is 11.9 Å². The minimum absolute atomic E-state index is 0.238. The average Bonchev–Trinajstić information content (AvgIpc) is 2.44. The van der Waals surface area contributed by atoms with E-state index in [0.717, 1.165) is 6.54 Å². The third kappa shape index (κ3) is 3.81. The highest BCUT2D eigenvalue weighted by molar-refractivity contribution is 5.43. The molecule has 0 unspecified atom stereocenters. The summed E-state index contributed by atoms with van der Waals surface area (Å²) in [7, 11) is 3.77. The number of benzene rings is 1. The summed E-state index contributed by atoms with van der Waals surface area (Å²) in [6.07, 6.45) is 0. The van der Waals surface area contributed by atoms with Gasteiger partial charge in [-0.1, -0.05) is 30.3 Å². The topological polar surface area (TPSA) is 71.2 Å². The van der Waals surface area contributed by atoms with E-state index in [1.807, 2.05) is 37.2 Å². The second-order valence-electron chi connectivity index (χ2n) is 5.40. The van der Waals surface area contributed by atoms with Crippen molar-refractivity contribution in [3.63, 3.8) is 0 Å². The molecule has 0 atom stereocenters. The molecule has 1 aromatic carbocycles. The van der Waals surface area contributed by atoms with Gasteiger partial charge in [-0.05, 0) is 19.4 Å². The predicted molar refractivity (Wildman–Crippen MR) is 86.3 cm³/mol. The molecule has 0 amide bonds. The molecule has 0 saturated heterocycles. The zero-order chi connectivity index (χ0) is 15.4. The summed E-state index contributed by atoms with van der Waals surface area (Å²) in [6, 6.07) is 10.5. The smallest absolute Gasteiger partial charge is 0.232 e. The van der Waals surface area contributed by atoms with Crippen LogP contribution >= 0.6 is 0 Å². The molecule has 112 valence electrons. The fraction of sp³-hybridized carbons (Fsp3) is 0.400. The molecule has 2 rings (SSSR count). The van der Waals surface area contributed by atoms with Crippen molar-refractivity contribution in [1.29, 1.82) is 0 Å². The number of anilines is 3. The molecule has 0 aliphatic carbocycles. The van der Waals surface area contributed by atoms with Crippen LogP contribution in [0.15, 0.2) is 30.3 Å². The molecule has 21 heavy (non-hydrogen) atoms.